The van der Waals surface area contributed by atoms with Crippen LogP contribution in [0.2, 0.25) is 0 Å². The van der Waals surface area contributed by atoms with E-state index < -0.39 is 0 Å². The van der Waals surface area contributed by atoms with Crippen molar-refractivity contribution in [2.75, 3.05) is 21.3 Å². The van der Waals surface area contributed by atoms with Gasteiger partial charge in [0, 0.05) is 17.0 Å². The Bertz CT molecular complexity index is 1000. The molecule has 0 unspecified atom stereocenters. The summed E-state index contributed by atoms with van der Waals surface area (Å²) in [7, 11) is 4.68. The summed E-state index contributed by atoms with van der Waals surface area (Å²) in [4.78, 5) is 12.2. The second kappa shape index (κ2) is 6.45. The van der Waals surface area contributed by atoms with Crippen LogP contribution in [0.25, 0.3) is 11.0 Å². The maximum Gasteiger partial charge on any atom is 0.312 e. The van der Waals surface area contributed by atoms with Crippen molar-refractivity contribution in [3.05, 3.63) is 35.4 Å². The van der Waals surface area contributed by atoms with Crippen LogP contribution in [0.3, 0.4) is 0 Å². The molecule has 0 saturated carbocycles. The molecule has 1 atom stereocenters. The average Bonchev–Trinajstić information content (AvgIpc) is 3.14. The summed E-state index contributed by atoms with van der Waals surface area (Å²) in [5, 5.41) is 0. The van der Waals surface area contributed by atoms with Crippen molar-refractivity contribution in [2.45, 2.75) is 12.3 Å². The SMILES string of the molecule is COc1ccc([C@H]2CC(=O)Oc3ccc4nsnc4c32)c(OC)c1OC. The van der Waals surface area contributed by atoms with Gasteiger partial charge in [-0.2, -0.15) is 8.75 Å². The monoisotopic (exact) mass is 372 g/mol. The van der Waals surface area contributed by atoms with Gasteiger partial charge in [-0.15, -0.1) is 0 Å². The molecule has 0 aliphatic carbocycles. The van der Waals surface area contributed by atoms with Crippen LogP contribution in [0.1, 0.15) is 23.5 Å². The number of aromatic nitrogens is 2. The van der Waals surface area contributed by atoms with Gasteiger partial charge < -0.3 is 18.9 Å². The summed E-state index contributed by atoms with van der Waals surface area (Å²) >= 11 is 1.13. The van der Waals surface area contributed by atoms with E-state index >= 15 is 0 Å². The van der Waals surface area contributed by atoms with E-state index in [1.165, 1.54) is 0 Å². The van der Waals surface area contributed by atoms with Crippen molar-refractivity contribution in [1.29, 1.82) is 0 Å². The van der Waals surface area contributed by atoms with Gasteiger partial charge in [0.05, 0.1) is 39.5 Å². The molecule has 1 aliphatic heterocycles. The summed E-state index contributed by atoms with van der Waals surface area (Å²) in [5.74, 6) is 1.48. The van der Waals surface area contributed by atoms with E-state index in [-0.39, 0.29) is 18.3 Å². The minimum Gasteiger partial charge on any atom is -0.493 e. The normalized spacial score (nSPS) is 16.1. The molecule has 0 bridgehead atoms. The predicted octanol–water partition coefficient (Wildman–Crippen LogP) is 3.16. The van der Waals surface area contributed by atoms with Crippen LogP contribution in [-0.2, 0) is 4.79 Å². The van der Waals surface area contributed by atoms with Crippen LogP contribution in [0.5, 0.6) is 23.0 Å². The Balaban J connectivity index is 1.97. The first kappa shape index (κ1) is 16.6. The number of benzene rings is 2. The Hall–Kier alpha value is -2.87. The highest BCUT2D eigenvalue weighted by molar-refractivity contribution is 7.00. The fraction of sp³-hybridized carbons (Fsp3) is 0.278. The zero-order valence-corrected chi connectivity index (χ0v) is 15.3. The molecule has 0 spiro atoms. The Labute approximate surface area is 153 Å². The number of fused-ring (bicyclic) bond motifs is 3. The number of carbonyl (C=O) groups excluding carboxylic acids is 1. The Kier molecular flexibility index (Phi) is 4.12. The summed E-state index contributed by atoms with van der Waals surface area (Å²) < 4.78 is 30.6. The van der Waals surface area contributed by atoms with Crippen LogP contribution in [-0.4, -0.2) is 36.0 Å². The highest BCUT2D eigenvalue weighted by atomic mass is 32.1. The second-order valence-electron chi connectivity index (χ2n) is 5.76. The van der Waals surface area contributed by atoms with Gasteiger partial charge >= 0.3 is 5.97 Å². The minimum atomic E-state index is -0.304. The molecule has 0 amide bonds. The van der Waals surface area contributed by atoms with E-state index in [4.69, 9.17) is 18.9 Å². The smallest absolute Gasteiger partial charge is 0.312 e. The Morgan fingerprint density at radius 3 is 2.58 bits per heavy atom. The number of methoxy groups -OCH3 is 3. The molecule has 7 nitrogen and oxygen atoms in total. The van der Waals surface area contributed by atoms with E-state index in [9.17, 15) is 4.79 Å². The Morgan fingerprint density at radius 1 is 1.04 bits per heavy atom. The summed E-state index contributed by atoms with van der Waals surface area (Å²) in [6, 6.07) is 7.25. The van der Waals surface area contributed by atoms with Crippen LogP contribution in [0.4, 0.5) is 0 Å². The van der Waals surface area contributed by atoms with Crippen LogP contribution < -0.4 is 18.9 Å². The van der Waals surface area contributed by atoms with Gasteiger partial charge in [-0.05, 0) is 18.2 Å². The third-order valence-electron chi connectivity index (χ3n) is 4.48. The molecule has 1 aliphatic rings. The lowest BCUT2D eigenvalue weighted by molar-refractivity contribution is -0.135. The third-order valence-corrected chi connectivity index (χ3v) is 5.02. The maximum atomic E-state index is 12.2. The zero-order chi connectivity index (χ0) is 18.3. The Morgan fingerprint density at radius 2 is 1.85 bits per heavy atom. The van der Waals surface area contributed by atoms with Gasteiger partial charge in [-0.3, -0.25) is 4.79 Å². The van der Waals surface area contributed by atoms with Gasteiger partial charge in [0.15, 0.2) is 11.5 Å². The van der Waals surface area contributed by atoms with Crippen molar-refractivity contribution in [3.63, 3.8) is 0 Å². The fourth-order valence-electron chi connectivity index (χ4n) is 3.38. The molecule has 0 saturated heterocycles. The van der Waals surface area contributed by atoms with Crippen molar-refractivity contribution in [3.8, 4) is 23.0 Å². The molecule has 8 heteroatoms. The van der Waals surface area contributed by atoms with Gasteiger partial charge in [0.25, 0.3) is 0 Å². The summed E-state index contributed by atoms with van der Waals surface area (Å²) in [6.45, 7) is 0. The highest BCUT2D eigenvalue weighted by Gasteiger charge is 2.34. The maximum absolute atomic E-state index is 12.2. The number of hydrogen-bond acceptors (Lipinski definition) is 8. The molecule has 134 valence electrons. The molecule has 1 aromatic heterocycles. The third kappa shape index (κ3) is 2.45. The van der Waals surface area contributed by atoms with E-state index in [0.29, 0.717) is 23.0 Å². The standard InChI is InChI=1S/C18H16N2O5S/c1-22-13-6-4-9(17(23-2)18(13)24-3)10-8-14(21)25-12-7-5-11-16(15(10)12)20-26-19-11/h4-7,10H,8H2,1-3H3/t10-/m1/s1. The van der Waals surface area contributed by atoms with Crippen molar-refractivity contribution in [1.82, 2.24) is 8.75 Å². The zero-order valence-electron chi connectivity index (χ0n) is 14.4. The van der Waals surface area contributed by atoms with E-state index in [1.807, 2.05) is 6.07 Å². The first-order valence-corrected chi connectivity index (χ1v) is 8.65. The molecule has 0 fully saturated rings. The second-order valence-corrected chi connectivity index (χ2v) is 6.29. The van der Waals surface area contributed by atoms with Crippen LogP contribution in [0, 0.1) is 0 Å². The molecule has 3 aromatic rings. The topological polar surface area (TPSA) is 79.8 Å². The van der Waals surface area contributed by atoms with E-state index in [1.54, 1.807) is 39.5 Å². The average molecular weight is 372 g/mol. The quantitative estimate of drug-likeness (QED) is 0.514. The number of hydrogen-bond donors (Lipinski definition) is 0. The van der Waals surface area contributed by atoms with Gasteiger partial charge in [0.1, 0.15) is 16.8 Å². The molecule has 26 heavy (non-hydrogen) atoms. The van der Waals surface area contributed by atoms with Gasteiger partial charge in [-0.1, -0.05) is 6.07 Å². The first-order valence-electron chi connectivity index (χ1n) is 7.92. The van der Waals surface area contributed by atoms with Crippen LogP contribution in [0.15, 0.2) is 24.3 Å². The number of carbonyl (C=O) groups is 1. The molecule has 2 heterocycles. The number of esters is 1. The van der Waals surface area contributed by atoms with E-state index in [2.05, 4.69) is 8.75 Å². The lowest BCUT2D eigenvalue weighted by atomic mass is 9.84. The lowest BCUT2D eigenvalue weighted by Gasteiger charge is -2.27. The first-order chi connectivity index (χ1) is 12.7. The lowest BCUT2D eigenvalue weighted by Crippen LogP contribution is -2.22. The summed E-state index contributed by atoms with van der Waals surface area (Å²) in [6.07, 6.45) is 0.176. The van der Waals surface area contributed by atoms with Crippen LogP contribution >= 0.6 is 11.7 Å². The predicted molar refractivity (Wildman–Crippen MR) is 95.6 cm³/mol. The summed E-state index contributed by atoms with van der Waals surface area (Å²) in [5.41, 5.74) is 3.16. The van der Waals surface area contributed by atoms with Crippen molar-refractivity contribution >= 4 is 28.7 Å². The molecular formula is C18H16N2O5S. The van der Waals surface area contributed by atoms with Gasteiger partial charge in [-0.25, -0.2) is 0 Å². The molecule has 0 N–H and O–H groups in total. The molecule has 0 radical (unpaired) electrons. The van der Waals surface area contributed by atoms with Crippen molar-refractivity contribution in [2.24, 2.45) is 0 Å². The molecule has 4 rings (SSSR count). The number of rotatable bonds is 4. The van der Waals surface area contributed by atoms with E-state index in [0.717, 1.165) is 33.9 Å². The van der Waals surface area contributed by atoms with Crippen molar-refractivity contribution < 1.29 is 23.7 Å². The number of nitrogens with zero attached hydrogens (tertiary/aromatic N) is 2. The van der Waals surface area contributed by atoms with Gasteiger partial charge in [0.2, 0.25) is 5.75 Å². The number of ether oxygens (including phenoxy) is 4. The fourth-order valence-corrected chi connectivity index (χ4v) is 3.93. The molecule has 2 aromatic carbocycles. The highest BCUT2D eigenvalue weighted by Crippen LogP contribution is 2.49. The molecular weight excluding hydrogens is 356 g/mol. The largest absolute Gasteiger partial charge is 0.493 e. The minimum absolute atomic E-state index is 0.176.